The van der Waals surface area contributed by atoms with E-state index < -0.39 is 21.4 Å². The van der Waals surface area contributed by atoms with Crippen LogP contribution >= 0.6 is 0 Å². The van der Waals surface area contributed by atoms with E-state index >= 15 is 0 Å². The Morgan fingerprint density at radius 1 is 0.903 bits per heavy atom. The summed E-state index contributed by atoms with van der Waals surface area (Å²) in [5.74, 6) is -0.505. The van der Waals surface area contributed by atoms with Gasteiger partial charge in [0, 0.05) is 22.2 Å². The predicted molar refractivity (Wildman–Crippen MR) is 116 cm³/mol. The van der Waals surface area contributed by atoms with Crippen molar-refractivity contribution in [2.24, 2.45) is 0 Å². The molecule has 1 heterocycles. The number of halogens is 3. The molecular weight excluding hydrogens is 429 g/mol. The van der Waals surface area contributed by atoms with Crippen molar-refractivity contribution < 1.29 is 30.2 Å². The normalized spacial score (nSPS) is 12.9. The first kappa shape index (κ1) is 19.4. The van der Waals surface area contributed by atoms with E-state index in [4.69, 9.17) is 4.42 Å². The van der Waals surface area contributed by atoms with Crippen LogP contribution in [0, 0.1) is 0 Å². The molecule has 0 amide bonds. The molecule has 5 rings (SSSR count). The Labute approximate surface area is 174 Å². The van der Waals surface area contributed by atoms with E-state index in [2.05, 4.69) is 17.3 Å². The summed E-state index contributed by atoms with van der Waals surface area (Å²) in [6, 6.07) is 11.9. The van der Waals surface area contributed by atoms with Crippen molar-refractivity contribution in [2.75, 3.05) is 0 Å². The topological polar surface area (TPSA) is 56.5 Å². The zero-order chi connectivity index (χ0) is 22.1. The second-order valence-electron chi connectivity index (χ2n) is 7.01. The molecule has 0 aliphatic rings. The molecular formula is C23H13F3O4S. The Hall–Kier alpha value is -3.52. The van der Waals surface area contributed by atoms with E-state index in [0.717, 1.165) is 27.6 Å². The first-order chi connectivity index (χ1) is 14.7. The highest BCUT2D eigenvalue weighted by atomic mass is 32.2. The van der Waals surface area contributed by atoms with Gasteiger partial charge in [-0.25, -0.2) is 0 Å². The largest absolute Gasteiger partial charge is 0.534 e. The summed E-state index contributed by atoms with van der Waals surface area (Å²) >= 11 is 0. The van der Waals surface area contributed by atoms with Crippen LogP contribution in [0.15, 0.2) is 60.0 Å². The molecule has 0 spiro atoms. The molecule has 1 aromatic heterocycles. The monoisotopic (exact) mass is 442 g/mol. The van der Waals surface area contributed by atoms with Gasteiger partial charge in [-0.1, -0.05) is 49.6 Å². The minimum absolute atomic E-state index is 0.208. The van der Waals surface area contributed by atoms with Crippen LogP contribution in [0.5, 0.6) is 5.75 Å². The molecule has 4 nitrogen and oxygen atoms in total. The fourth-order valence-corrected chi connectivity index (χ4v) is 4.53. The van der Waals surface area contributed by atoms with Crippen LogP contribution in [0.1, 0.15) is 11.1 Å². The number of furan rings is 1. The highest BCUT2D eigenvalue weighted by Crippen LogP contribution is 2.46. The van der Waals surface area contributed by atoms with Gasteiger partial charge in [-0.3, -0.25) is 0 Å². The third-order valence-electron chi connectivity index (χ3n) is 5.31. The Kier molecular flexibility index (Phi) is 3.92. The Balaban J connectivity index is 1.97. The number of rotatable bonds is 4. The number of alkyl halides is 3. The summed E-state index contributed by atoms with van der Waals surface area (Å²) in [4.78, 5) is 0. The lowest BCUT2D eigenvalue weighted by atomic mass is 9.90. The summed E-state index contributed by atoms with van der Waals surface area (Å²) < 4.78 is 72.1. The molecule has 0 aliphatic heterocycles. The van der Waals surface area contributed by atoms with Crippen LogP contribution in [0.2, 0.25) is 0 Å². The van der Waals surface area contributed by atoms with Gasteiger partial charge in [0.1, 0.15) is 16.9 Å². The van der Waals surface area contributed by atoms with Gasteiger partial charge in [0.25, 0.3) is 0 Å². The average Bonchev–Trinajstić information content (AvgIpc) is 3.09. The Bertz CT molecular complexity index is 1640. The van der Waals surface area contributed by atoms with Crippen molar-refractivity contribution in [3.63, 3.8) is 0 Å². The van der Waals surface area contributed by atoms with Crippen LogP contribution in [0.3, 0.4) is 0 Å². The molecule has 0 aliphatic carbocycles. The molecule has 0 bridgehead atoms. The number of fused-ring (bicyclic) bond motifs is 2. The maximum absolute atomic E-state index is 12.9. The molecule has 0 N–H and O–H groups in total. The first-order valence-electron chi connectivity index (χ1n) is 9.09. The summed E-state index contributed by atoms with van der Waals surface area (Å²) in [7, 11) is -5.84. The van der Waals surface area contributed by atoms with Crippen molar-refractivity contribution in [1.29, 1.82) is 0 Å². The average molecular weight is 442 g/mol. The molecule has 8 heteroatoms. The minimum atomic E-state index is -5.84. The molecule has 5 aromatic rings. The van der Waals surface area contributed by atoms with Crippen molar-refractivity contribution in [3.05, 3.63) is 66.7 Å². The highest BCUT2D eigenvalue weighted by Gasteiger charge is 2.48. The van der Waals surface area contributed by atoms with Crippen molar-refractivity contribution >= 4 is 65.8 Å². The number of hydrogen-bond acceptors (Lipinski definition) is 4. The fourth-order valence-electron chi connectivity index (χ4n) is 4.08. The molecule has 0 saturated heterocycles. The second-order valence-corrected chi connectivity index (χ2v) is 8.55. The molecule has 0 fully saturated rings. The first-order valence-corrected chi connectivity index (χ1v) is 10.5. The van der Waals surface area contributed by atoms with Crippen molar-refractivity contribution in [2.45, 2.75) is 5.51 Å². The number of benzene rings is 4. The van der Waals surface area contributed by atoms with Crippen molar-refractivity contribution in [1.82, 2.24) is 0 Å². The second kappa shape index (κ2) is 6.24. The molecule has 0 saturated carbocycles. The van der Waals surface area contributed by atoms with Gasteiger partial charge in [0.15, 0.2) is 0 Å². The standard InChI is InChI=1S/C23H13F3O4S/c1-3-14-15(4-2)18-10-13(30-31(27,28)23(24,25)26)11-19-20(18)21-17(14)9-12-7-5-6-8-16(12)22(21)29-19/h3-11H,1-2H2. The van der Waals surface area contributed by atoms with Crippen LogP contribution in [-0.2, 0) is 10.1 Å². The van der Waals surface area contributed by atoms with E-state index in [1.165, 1.54) is 6.07 Å². The van der Waals surface area contributed by atoms with Crippen LogP contribution < -0.4 is 4.18 Å². The van der Waals surface area contributed by atoms with E-state index in [1.807, 2.05) is 30.3 Å². The highest BCUT2D eigenvalue weighted by molar-refractivity contribution is 7.88. The minimum Gasteiger partial charge on any atom is -0.455 e. The summed E-state index contributed by atoms with van der Waals surface area (Å²) in [5.41, 5.74) is -3.51. The Morgan fingerprint density at radius 2 is 1.55 bits per heavy atom. The van der Waals surface area contributed by atoms with Gasteiger partial charge in [-0.05, 0) is 39.4 Å². The summed E-state index contributed by atoms with van der Waals surface area (Å²) in [5, 5.41) is 4.45. The number of hydrogen-bond donors (Lipinski definition) is 0. The maximum Gasteiger partial charge on any atom is 0.534 e. The van der Waals surface area contributed by atoms with Gasteiger partial charge in [0.2, 0.25) is 0 Å². The zero-order valence-corrected chi connectivity index (χ0v) is 16.6. The predicted octanol–water partition coefficient (Wildman–Crippen LogP) is 6.84. The van der Waals surface area contributed by atoms with Gasteiger partial charge in [0.05, 0.1) is 0 Å². The fraction of sp³-hybridized carbons (Fsp3) is 0.0435. The molecule has 0 unspecified atom stereocenters. The van der Waals surface area contributed by atoms with E-state index in [0.29, 0.717) is 27.5 Å². The van der Waals surface area contributed by atoms with Gasteiger partial charge in [-0.15, -0.1) is 0 Å². The Morgan fingerprint density at radius 3 is 2.19 bits per heavy atom. The van der Waals surface area contributed by atoms with Crippen molar-refractivity contribution in [3.8, 4) is 5.75 Å². The van der Waals surface area contributed by atoms with Gasteiger partial charge >= 0.3 is 15.6 Å². The SMILES string of the molecule is C=Cc1c(C=C)c2cc3ccccc3c3oc4cc(OS(=O)(=O)C(F)(F)F)cc1c4c23. The zero-order valence-electron chi connectivity index (χ0n) is 15.8. The smallest absolute Gasteiger partial charge is 0.455 e. The molecule has 0 radical (unpaired) electrons. The molecule has 4 aromatic carbocycles. The summed E-state index contributed by atoms with van der Waals surface area (Å²) in [6.07, 6.45) is 3.17. The molecule has 31 heavy (non-hydrogen) atoms. The molecule has 0 atom stereocenters. The summed E-state index contributed by atoms with van der Waals surface area (Å²) in [6.45, 7) is 7.69. The lowest BCUT2D eigenvalue weighted by Gasteiger charge is -2.14. The van der Waals surface area contributed by atoms with Crippen LogP contribution in [0.25, 0.3) is 55.6 Å². The van der Waals surface area contributed by atoms with Crippen LogP contribution in [0.4, 0.5) is 13.2 Å². The van der Waals surface area contributed by atoms with Gasteiger partial charge in [-0.2, -0.15) is 21.6 Å². The van der Waals surface area contributed by atoms with E-state index in [1.54, 1.807) is 12.2 Å². The van der Waals surface area contributed by atoms with Crippen LogP contribution in [-0.4, -0.2) is 13.9 Å². The third-order valence-corrected chi connectivity index (χ3v) is 6.29. The van der Waals surface area contributed by atoms with E-state index in [-0.39, 0.29) is 5.58 Å². The quantitative estimate of drug-likeness (QED) is 0.132. The van der Waals surface area contributed by atoms with E-state index in [9.17, 15) is 21.6 Å². The third kappa shape index (κ3) is 2.64. The maximum atomic E-state index is 12.9. The van der Waals surface area contributed by atoms with Gasteiger partial charge < -0.3 is 8.60 Å². The lowest BCUT2D eigenvalue weighted by molar-refractivity contribution is -0.0500. The molecule has 156 valence electrons. The lowest BCUT2D eigenvalue weighted by Crippen LogP contribution is -2.28.